The van der Waals surface area contributed by atoms with Crippen molar-refractivity contribution in [2.75, 3.05) is 13.7 Å². The number of halogens is 1. The van der Waals surface area contributed by atoms with Gasteiger partial charge in [-0.2, -0.15) is 0 Å². The molecule has 1 amide bonds. The summed E-state index contributed by atoms with van der Waals surface area (Å²) in [6.45, 7) is 0.718. The van der Waals surface area contributed by atoms with Gasteiger partial charge in [-0.05, 0) is 41.8 Å². The lowest BCUT2D eigenvalue weighted by Crippen LogP contribution is -2.26. The van der Waals surface area contributed by atoms with E-state index >= 15 is 0 Å². The Morgan fingerprint density at radius 1 is 0.929 bits per heavy atom. The first-order valence-electron chi connectivity index (χ1n) is 9.04. The lowest BCUT2D eigenvalue weighted by Gasteiger charge is -2.15. The van der Waals surface area contributed by atoms with Gasteiger partial charge in [0.15, 0.2) is 0 Å². The van der Waals surface area contributed by atoms with Gasteiger partial charge in [-0.25, -0.2) is 4.39 Å². The number of rotatable bonds is 8. The van der Waals surface area contributed by atoms with Crippen LogP contribution in [0.3, 0.4) is 0 Å². The predicted molar refractivity (Wildman–Crippen MR) is 106 cm³/mol. The van der Waals surface area contributed by atoms with Crippen molar-refractivity contribution in [3.8, 4) is 11.5 Å². The molecule has 0 atom stereocenters. The number of carbonyl (C=O) groups excluding carboxylic acids is 1. The second-order valence-electron chi connectivity index (χ2n) is 6.24. The first kappa shape index (κ1) is 19.4. The molecule has 0 saturated heterocycles. The van der Waals surface area contributed by atoms with Crippen LogP contribution < -0.4 is 14.8 Å². The van der Waals surface area contributed by atoms with Crippen molar-refractivity contribution in [3.63, 3.8) is 0 Å². The molecule has 0 aliphatic carbocycles. The van der Waals surface area contributed by atoms with E-state index in [2.05, 4.69) is 5.32 Å². The van der Waals surface area contributed by atoms with Crippen molar-refractivity contribution < 1.29 is 18.7 Å². The molecular weight excluding hydrogens is 357 g/mol. The summed E-state index contributed by atoms with van der Waals surface area (Å²) >= 11 is 0. The number of ether oxygens (including phenoxy) is 2. The Morgan fingerprint density at radius 2 is 1.64 bits per heavy atom. The first-order chi connectivity index (χ1) is 13.7. The molecule has 0 unspecified atom stereocenters. The van der Waals surface area contributed by atoms with E-state index in [1.54, 1.807) is 24.3 Å². The van der Waals surface area contributed by atoms with Crippen molar-refractivity contribution in [1.29, 1.82) is 0 Å². The van der Waals surface area contributed by atoms with Crippen molar-refractivity contribution >= 4 is 5.91 Å². The summed E-state index contributed by atoms with van der Waals surface area (Å²) in [5.41, 5.74) is 2.17. The van der Waals surface area contributed by atoms with Crippen LogP contribution in [0.15, 0.2) is 72.8 Å². The molecule has 0 fully saturated rings. The summed E-state index contributed by atoms with van der Waals surface area (Å²) in [6.07, 6.45) is 0.527. The molecule has 3 aromatic rings. The van der Waals surface area contributed by atoms with E-state index in [-0.39, 0.29) is 11.7 Å². The summed E-state index contributed by atoms with van der Waals surface area (Å²) in [6, 6.07) is 21.3. The summed E-state index contributed by atoms with van der Waals surface area (Å²) in [7, 11) is 1.51. The van der Waals surface area contributed by atoms with Gasteiger partial charge in [0.2, 0.25) is 0 Å². The molecule has 0 aromatic heterocycles. The van der Waals surface area contributed by atoms with E-state index in [0.717, 1.165) is 11.1 Å². The van der Waals surface area contributed by atoms with E-state index in [9.17, 15) is 9.18 Å². The van der Waals surface area contributed by atoms with Crippen molar-refractivity contribution in [3.05, 3.63) is 95.3 Å². The zero-order valence-corrected chi connectivity index (χ0v) is 15.7. The molecule has 0 spiro atoms. The van der Waals surface area contributed by atoms with Crippen LogP contribution in [-0.4, -0.2) is 19.6 Å². The highest BCUT2D eigenvalue weighted by Crippen LogP contribution is 2.29. The minimum absolute atomic E-state index is 0.287. The molecule has 0 bridgehead atoms. The van der Waals surface area contributed by atoms with Gasteiger partial charge < -0.3 is 14.8 Å². The normalized spacial score (nSPS) is 10.4. The number of hydrogen-bond donors (Lipinski definition) is 1. The maximum atomic E-state index is 13.3. The fourth-order valence-electron chi connectivity index (χ4n) is 2.86. The zero-order chi connectivity index (χ0) is 19.8. The molecule has 28 heavy (non-hydrogen) atoms. The van der Waals surface area contributed by atoms with Crippen LogP contribution >= 0.6 is 0 Å². The lowest BCUT2D eigenvalue weighted by molar-refractivity contribution is 0.0946. The summed E-state index contributed by atoms with van der Waals surface area (Å²) in [4.78, 5) is 12.8. The molecule has 5 heteroatoms. The largest absolute Gasteiger partial charge is 0.496 e. The lowest BCUT2D eigenvalue weighted by atomic mass is 10.1. The summed E-state index contributed by atoms with van der Waals surface area (Å²) in [5.74, 6) is 0.308. The highest BCUT2D eigenvalue weighted by atomic mass is 19.1. The molecule has 0 aliphatic rings. The van der Waals surface area contributed by atoms with Gasteiger partial charge in [0, 0.05) is 6.54 Å². The molecule has 3 aromatic carbocycles. The number of methoxy groups -OCH3 is 1. The fourth-order valence-corrected chi connectivity index (χ4v) is 2.86. The molecule has 3 rings (SSSR count). The van der Waals surface area contributed by atoms with Gasteiger partial charge in [0.1, 0.15) is 29.5 Å². The summed E-state index contributed by atoms with van der Waals surface area (Å²) < 4.78 is 24.5. The Kier molecular flexibility index (Phi) is 6.63. The highest BCUT2D eigenvalue weighted by Gasteiger charge is 2.18. The van der Waals surface area contributed by atoms with Gasteiger partial charge >= 0.3 is 0 Å². The standard InChI is InChI=1S/C23H22FNO3/c1-27-20-11-6-12-21(28-16-18-7-3-2-4-8-18)22(20)23(26)25-14-13-17-9-5-10-19(24)15-17/h2-12,15H,13-14,16H2,1H3,(H,25,26). The Morgan fingerprint density at radius 3 is 2.39 bits per heavy atom. The van der Waals surface area contributed by atoms with Crippen LogP contribution in [0.2, 0.25) is 0 Å². The topological polar surface area (TPSA) is 47.6 Å². The summed E-state index contributed by atoms with van der Waals surface area (Å²) in [5, 5.41) is 2.86. The third-order valence-electron chi connectivity index (χ3n) is 4.26. The molecule has 0 radical (unpaired) electrons. The third-order valence-corrected chi connectivity index (χ3v) is 4.26. The van der Waals surface area contributed by atoms with Crippen molar-refractivity contribution in [2.24, 2.45) is 0 Å². The monoisotopic (exact) mass is 379 g/mol. The van der Waals surface area contributed by atoms with Crippen LogP contribution in [0.4, 0.5) is 4.39 Å². The predicted octanol–water partition coefficient (Wildman–Crippen LogP) is 4.39. The van der Waals surface area contributed by atoms with E-state index < -0.39 is 0 Å². The van der Waals surface area contributed by atoms with Crippen LogP contribution in [-0.2, 0) is 13.0 Å². The van der Waals surface area contributed by atoms with Crippen molar-refractivity contribution in [2.45, 2.75) is 13.0 Å². The first-order valence-corrected chi connectivity index (χ1v) is 9.04. The van der Waals surface area contributed by atoms with Gasteiger partial charge in [0.25, 0.3) is 5.91 Å². The molecule has 0 saturated carbocycles. The Hall–Kier alpha value is -3.34. The Balaban J connectivity index is 1.69. The number of amides is 1. The Labute approximate surface area is 163 Å². The fraction of sp³-hybridized carbons (Fsp3) is 0.174. The quantitative estimate of drug-likeness (QED) is 0.632. The molecule has 4 nitrogen and oxygen atoms in total. The number of hydrogen-bond acceptors (Lipinski definition) is 3. The molecule has 0 aliphatic heterocycles. The van der Waals surface area contributed by atoms with Crippen LogP contribution in [0.25, 0.3) is 0 Å². The smallest absolute Gasteiger partial charge is 0.258 e. The van der Waals surface area contributed by atoms with Crippen molar-refractivity contribution in [1.82, 2.24) is 5.32 Å². The molecular formula is C23H22FNO3. The second-order valence-corrected chi connectivity index (χ2v) is 6.24. The number of benzene rings is 3. The highest BCUT2D eigenvalue weighted by molar-refractivity contribution is 5.99. The van der Waals surface area contributed by atoms with Gasteiger partial charge in [-0.3, -0.25) is 4.79 Å². The Bertz CT molecular complexity index is 928. The average Bonchev–Trinajstić information content (AvgIpc) is 2.72. The van der Waals surface area contributed by atoms with Gasteiger partial charge in [-0.1, -0.05) is 48.5 Å². The minimum Gasteiger partial charge on any atom is -0.496 e. The molecule has 1 N–H and O–H groups in total. The van der Waals surface area contributed by atoms with Crippen LogP contribution in [0.5, 0.6) is 11.5 Å². The second kappa shape index (κ2) is 9.55. The van der Waals surface area contributed by atoms with E-state index in [1.807, 2.05) is 36.4 Å². The van der Waals surface area contributed by atoms with Gasteiger partial charge in [0.05, 0.1) is 7.11 Å². The SMILES string of the molecule is COc1cccc(OCc2ccccc2)c1C(=O)NCCc1cccc(F)c1. The maximum Gasteiger partial charge on any atom is 0.258 e. The number of carbonyl (C=O) groups is 1. The van der Waals surface area contributed by atoms with Gasteiger partial charge in [-0.15, -0.1) is 0 Å². The number of nitrogens with one attached hydrogen (secondary N) is 1. The third kappa shape index (κ3) is 5.10. The maximum absolute atomic E-state index is 13.3. The zero-order valence-electron chi connectivity index (χ0n) is 15.7. The van der Waals surface area contributed by atoms with E-state index in [1.165, 1.54) is 19.2 Å². The minimum atomic E-state index is -0.295. The van der Waals surface area contributed by atoms with E-state index in [4.69, 9.17) is 9.47 Å². The average molecular weight is 379 g/mol. The van der Waals surface area contributed by atoms with Crippen LogP contribution in [0.1, 0.15) is 21.5 Å². The molecule has 0 heterocycles. The van der Waals surface area contributed by atoms with Crippen LogP contribution in [0, 0.1) is 5.82 Å². The van der Waals surface area contributed by atoms with E-state index in [0.29, 0.717) is 36.6 Å². The molecule has 144 valence electrons.